The first-order valence-electron chi connectivity index (χ1n) is 7.43. The monoisotopic (exact) mass is 333 g/mol. The predicted molar refractivity (Wildman–Crippen MR) is 87.5 cm³/mol. The molecule has 1 heterocycles. The van der Waals surface area contributed by atoms with Crippen molar-refractivity contribution in [3.05, 3.63) is 39.2 Å². The summed E-state index contributed by atoms with van der Waals surface area (Å²) < 4.78 is 10.7. The molecule has 0 aliphatic heterocycles. The third-order valence-electron chi connectivity index (χ3n) is 3.71. The zero-order valence-electron chi connectivity index (χ0n) is 13.8. The number of hydrogen-bond donors (Lipinski definition) is 2. The number of fused-ring (bicyclic) bond motifs is 1. The van der Waals surface area contributed by atoms with Gasteiger partial charge in [0.15, 0.2) is 0 Å². The summed E-state index contributed by atoms with van der Waals surface area (Å²) >= 11 is 0. The summed E-state index contributed by atoms with van der Waals surface area (Å²) in [5, 5.41) is 11.7. The summed E-state index contributed by atoms with van der Waals surface area (Å²) in [5.41, 5.74) is 1.57. The summed E-state index contributed by atoms with van der Waals surface area (Å²) in [6.07, 6.45) is -0.356. The Labute approximate surface area is 138 Å². The van der Waals surface area contributed by atoms with E-state index >= 15 is 0 Å². The fraction of sp³-hybridized carbons (Fsp3) is 0.353. The fourth-order valence-corrected chi connectivity index (χ4v) is 2.53. The summed E-state index contributed by atoms with van der Waals surface area (Å²) in [4.78, 5) is 34.6. The zero-order valence-corrected chi connectivity index (χ0v) is 13.8. The quantitative estimate of drug-likeness (QED) is 0.777. The van der Waals surface area contributed by atoms with Crippen molar-refractivity contribution >= 4 is 22.8 Å². The predicted octanol–water partition coefficient (Wildman–Crippen LogP) is 1.55. The van der Waals surface area contributed by atoms with Gasteiger partial charge in [-0.2, -0.15) is 0 Å². The zero-order chi connectivity index (χ0) is 17.9. The minimum atomic E-state index is -1.00. The van der Waals surface area contributed by atoms with Crippen molar-refractivity contribution in [1.29, 1.82) is 0 Å². The van der Waals surface area contributed by atoms with Gasteiger partial charge in [0.25, 0.3) is 0 Å². The minimum absolute atomic E-state index is 0.00858. The average molecular weight is 333 g/mol. The molecule has 7 nitrogen and oxygen atoms in total. The van der Waals surface area contributed by atoms with Gasteiger partial charge in [0, 0.05) is 6.54 Å². The number of rotatable bonds is 6. The number of methoxy groups -OCH3 is 1. The molecule has 0 unspecified atom stereocenters. The van der Waals surface area contributed by atoms with Crippen LogP contribution in [0.4, 0.5) is 0 Å². The van der Waals surface area contributed by atoms with Crippen LogP contribution < -0.4 is 15.7 Å². The van der Waals surface area contributed by atoms with E-state index in [9.17, 15) is 14.4 Å². The van der Waals surface area contributed by atoms with Crippen LogP contribution in [0.1, 0.15) is 23.1 Å². The largest absolute Gasteiger partial charge is 0.496 e. The Balaban J connectivity index is 2.37. The molecule has 0 saturated carbocycles. The van der Waals surface area contributed by atoms with E-state index in [1.807, 2.05) is 13.0 Å². The van der Waals surface area contributed by atoms with Gasteiger partial charge < -0.3 is 19.6 Å². The van der Waals surface area contributed by atoms with Crippen molar-refractivity contribution in [2.24, 2.45) is 0 Å². The number of aryl methyl sites for hydroxylation is 2. The third-order valence-corrected chi connectivity index (χ3v) is 3.71. The van der Waals surface area contributed by atoms with Gasteiger partial charge in [0.05, 0.1) is 30.9 Å². The van der Waals surface area contributed by atoms with Gasteiger partial charge in [-0.15, -0.1) is 0 Å². The van der Waals surface area contributed by atoms with Crippen LogP contribution >= 0.6 is 0 Å². The molecule has 0 saturated heterocycles. The van der Waals surface area contributed by atoms with E-state index in [0.29, 0.717) is 22.3 Å². The normalized spacial score (nSPS) is 10.6. The van der Waals surface area contributed by atoms with E-state index in [1.165, 1.54) is 7.11 Å². The number of aliphatic carboxylic acids is 1. The lowest BCUT2D eigenvalue weighted by Gasteiger charge is -2.12. The first kappa shape index (κ1) is 17.5. The topological polar surface area (TPSA) is 106 Å². The number of amides is 1. The highest BCUT2D eigenvalue weighted by Crippen LogP contribution is 2.30. The lowest BCUT2D eigenvalue weighted by Crippen LogP contribution is -2.29. The highest BCUT2D eigenvalue weighted by molar-refractivity contribution is 5.89. The molecule has 0 fully saturated rings. The van der Waals surface area contributed by atoms with Crippen molar-refractivity contribution in [2.75, 3.05) is 13.7 Å². The van der Waals surface area contributed by atoms with Gasteiger partial charge in [0.2, 0.25) is 5.91 Å². The van der Waals surface area contributed by atoms with Crippen molar-refractivity contribution in [3.63, 3.8) is 0 Å². The molecule has 2 rings (SSSR count). The molecular weight excluding hydrogens is 314 g/mol. The Morgan fingerprint density at radius 2 is 2.00 bits per heavy atom. The number of carbonyl (C=O) groups excluding carboxylic acids is 1. The van der Waals surface area contributed by atoms with Crippen LogP contribution in [0, 0.1) is 13.8 Å². The Morgan fingerprint density at radius 3 is 2.62 bits per heavy atom. The van der Waals surface area contributed by atoms with Crippen molar-refractivity contribution in [1.82, 2.24) is 5.32 Å². The van der Waals surface area contributed by atoms with Gasteiger partial charge in [-0.3, -0.25) is 9.59 Å². The van der Waals surface area contributed by atoms with E-state index in [2.05, 4.69) is 5.32 Å². The SMILES string of the molecule is COc1cc(C)cc2oc(=O)c(CC(=O)NCCC(=O)O)c(C)c12. The number of ether oxygens (including phenoxy) is 1. The number of carboxylic acid groups (broad SMARTS) is 1. The van der Waals surface area contributed by atoms with Crippen molar-refractivity contribution in [2.45, 2.75) is 26.7 Å². The second kappa shape index (κ2) is 7.16. The number of benzene rings is 1. The standard InChI is InChI=1S/C17H19NO6/c1-9-6-12(23-3)16-10(2)11(17(22)24-13(16)7-9)8-14(19)18-5-4-15(20)21/h6-7H,4-5,8H2,1-3H3,(H,18,19)(H,20,21). The molecule has 2 aromatic rings. The molecule has 0 atom stereocenters. The lowest BCUT2D eigenvalue weighted by atomic mass is 10.0. The number of carboxylic acids is 1. The lowest BCUT2D eigenvalue weighted by molar-refractivity contribution is -0.136. The van der Waals surface area contributed by atoms with E-state index < -0.39 is 17.5 Å². The highest BCUT2D eigenvalue weighted by Gasteiger charge is 2.18. The van der Waals surface area contributed by atoms with Gasteiger partial charge >= 0.3 is 11.6 Å². The molecule has 0 radical (unpaired) electrons. The summed E-state index contributed by atoms with van der Waals surface area (Å²) in [7, 11) is 1.52. The molecule has 2 N–H and O–H groups in total. The number of hydrogen-bond acceptors (Lipinski definition) is 5. The molecule has 128 valence electrons. The van der Waals surface area contributed by atoms with Crippen LogP contribution in [0.25, 0.3) is 11.0 Å². The Morgan fingerprint density at radius 1 is 1.29 bits per heavy atom. The highest BCUT2D eigenvalue weighted by atomic mass is 16.5. The summed E-state index contributed by atoms with van der Waals surface area (Å²) in [6, 6.07) is 3.56. The van der Waals surface area contributed by atoms with Crippen molar-refractivity contribution < 1.29 is 23.8 Å². The molecule has 1 aromatic carbocycles. The van der Waals surface area contributed by atoms with Crippen LogP contribution in [0.15, 0.2) is 21.3 Å². The second-order valence-electron chi connectivity index (χ2n) is 5.50. The fourth-order valence-electron chi connectivity index (χ4n) is 2.53. The Hall–Kier alpha value is -2.83. The first-order valence-corrected chi connectivity index (χ1v) is 7.43. The first-order chi connectivity index (χ1) is 11.3. The molecular formula is C17H19NO6. The van der Waals surface area contributed by atoms with Crippen molar-refractivity contribution in [3.8, 4) is 5.75 Å². The molecule has 0 bridgehead atoms. The molecule has 0 aliphatic carbocycles. The molecule has 0 spiro atoms. The van der Waals surface area contributed by atoms with Gasteiger partial charge in [-0.25, -0.2) is 4.79 Å². The summed E-state index contributed by atoms with van der Waals surface area (Å²) in [5.74, 6) is -0.868. The van der Waals surface area contributed by atoms with Crippen LogP contribution in [0.3, 0.4) is 0 Å². The average Bonchev–Trinajstić information content (AvgIpc) is 2.49. The Kier molecular flexibility index (Phi) is 5.23. The maximum absolute atomic E-state index is 12.2. The third kappa shape index (κ3) is 3.73. The van der Waals surface area contributed by atoms with Gasteiger partial charge in [-0.05, 0) is 37.1 Å². The van der Waals surface area contributed by atoms with Crippen LogP contribution in [0.5, 0.6) is 5.75 Å². The maximum Gasteiger partial charge on any atom is 0.340 e. The molecule has 7 heteroatoms. The van der Waals surface area contributed by atoms with Gasteiger partial charge in [-0.1, -0.05) is 0 Å². The summed E-state index contributed by atoms with van der Waals surface area (Å²) in [6.45, 7) is 3.60. The van der Waals surface area contributed by atoms with Crippen LogP contribution in [-0.4, -0.2) is 30.6 Å². The number of carbonyl (C=O) groups is 2. The smallest absolute Gasteiger partial charge is 0.340 e. The van der Waals surface area contributed by atoms with Crippen LogP contribution in [-0.2, 0) is 16.0 Å². The van der Waals surface area contributed by atoms with E-state index in [-0.39, 0.29) is 24.9 Å². The second-order valence-corrected chi connectivity index (χ2v) is 5.50. The molecule has 24 heavy (non-hydrogen) atoms. The van der Waals surface area contributed by atoms with Gasteiger partial charge in [0.1, 0.15) is 11.3 Å². The maximum atomic E-state index is 12.2. The number of nitrogens with one attached hydrogen (secondary N) is 1. The van der Waals surface area contributed by atoms with E-state index in [0.717, 1.165) is 5.56 Å². The molecule has 1 aromatic heterocycles. The minimum Gasteiger partial charge on any atom is -0.496 e. The van der Waals surface area contributed by atoms with Crippen LogP contribution in [0.2, 0.25) is 0 Å². The van der Waals surface area contributed by atoms with E-state index in [1.54, 1.807) is 13.0 Å². The Bertz CT molecular complexity index is 852. The van der Waals surface area contributed by atoms with E-state index in [4.69, 9.17) is 14.3 Å². The molecule has 0 aliphatic rings. The molecule has 1 amide bonds.